The van der Waals surface area contributed by atoms with Gasteiger partial charge in [-0.25, -0.2) is 4.79 Å². The van der Waals surface area contributed by atoms with Gasteiger partial charge in [0.15, 0.2) is 0 Å². The number of thiophene rings is 1. The van der Waals surface area contributed by atoms with Gasteiger partial charge in [0, 0.05) is 4.88 Å². The first-order valence-corrected chi connectivity index (χ1v) is 6.21. The zero-order valence-corrected chi connectivity index (χ0v) is 11.4. The quantitative estimate of drug-likeness (QED) is 0.862. The summed E-state index contributed by atoms with van der Waals surface area (Å²) >= 11 is 7.01. The van der Waals surface area contributed by atoms with Crippen LogP contribution in [0, 0.1) is 0 Å². The van der Waals surface area contributed by atoms with Gasteiger partial charge in [0.25, 0.3) is 0 Å². The maximum atomic E-state index is 11.5. The summed E-state index contributed by atoms with van der Waals surface area (Å²) in [6, 6.07) is 2.65. The molecule has 0 bridgehead atoms. The van der Waals surface area contributed by atoms with Crippen LogP contribution >= 0.6 is 22.9 Å². The van der Waals surface area contributed by atoms with Gasteiger partial charge in [-0.3, -0.25) is 0 Å². The molecule has 0 fully saturated rings. The lowest BCUT2D eigenvalue weighted by molar-refractivity contribution is -0.109. The summed E-state index contributed by atoms with van der Waals surface area (Å²) in [7, 11) is 0. The molecule has 6 heteroatoms. The third kappa shape index (κ3) is 4.75. The van der Waals surface area contributed by atoms with E-state index >= 15 is 0 Å². The van der Waals surface area contributed by atoms with Gasteiger partial charge in [-0.05, 0) is 32.9 Å². The summed E-state index contributed by atoms with van der Waals surface area (Å²) in [5.41, 5.74) is -0.593. The van der Waals surface area contributed by atoms with Crippen LogP contribution in [-0.2, 0) is 9.53 Å². The molecule has 94 valence electrons. The Kier molecular flexibility index (Phi) is 4.54. The Morgan fingerprint density at radius 2 is 2.18 bits per heavy atom. The lowest BCUT2D eigenvalue weighted by Gasteiger charge is -2.21. The largest absolute Gasteiger partial charge is 0.444 e. The molecule has 1 aromatic heterocycles. The molecule has 0 radical (unpaired) electrons. The lowest BCUT2D eigenvalue weighted by atomic mass is 10.2. The molecular weight excluding hydrogens is 262 g/mol. The molecule has 0 aromatic carbocycles. The standard InChI is InChI=1S/C11H14ClNO3S/c1-11(2,3)16-10(15)13-7(6-14)8-4-5-9(12)17-8/h4-7H,1-3H3,(H,13,15). The Morgan fingerprint density at radius 1 is 1.53 bits per heavy atom. The average Bonchev–Trinajstić information content (AvgIpc) is 2.58. The first-order chi connectivity index (χ1) is 7.81. The number of rotatable bonds is 3. The molecule has 0 saturated heterocycles. The van der Waals surface area contributed by atoms with Crippen molar-refractivity contribution in [1.29, 1.82) is 0 Å². The number of halogens is 1. The van der Waals surface area contributed by atoms with E-state index in [1.807, 2.05) is 0 Å². The molecule has 0 aliphatic rings. The molecule has 1 heterocycles. The maximum Gasteiger partial charge on any atom is 0.408 e. The van der Waals surface area contributed by atoms with Crippen LogP contribution in [-0.4, -0.2) is 18.0 Å². The SMILES string of the molecule is CC(C)(C)OC(=O)NC(C=O)c1ccc(Cl)s1. The molecule has 1 amide bonds. The second-order valence-corrected chi connectivity index (χ2v) is 6.15. The van der Waals surface area contributed by atoms with Crippen molar-refractivity contribution in [1.82, 2.24) is 5.32 Å². The van der Waals surface area contributed by atoms with Crippen molar-refractivity contribution < 1.29 is 14.3 Å². The summed E-state index contributed by atoms with van der Waals surface area (Å²) in [4.78, 5) is 23.1. The van der Waals surface area contributed by atoms with Crippen molar-refractivity contribution in [3.63, 3.8) is 0 Å². The van der Waals surface area contributed by atoms with Gasteiger partial charge in [-0.1, -0.05) is 11.6 Å². The van der Waals surface area contributed by atoms with Crippen LogP contribution < -0.4 is 5.32 Å². The number of alkyl carbamates (subject to hydrolysis) is 1. The van der Waals surface area contributed by atoms with E-state index in [4.69, 9.17) is 16.3 Å². The fourth-order valence-electron chi connectivity index (χ4n) is 1.10. The lowest BCUT2D eigenvalue weighted by Crippen LogP contribution is -2.35. The van der Waals surface area contributed by atoms with Crippen LogP contribution in [0.25, 0.3) is 0 Å². The Hall–Kier alpha value is -1.07. The Labute approximate surface area is 109 Å². The number of hydrogen-bond acceptors (Lipinski definition) is 4. The minimum absolute atomic E-state index is 0.567. The molecule has 0 aliphatic carbocycles. The van der Waals surface area contributed by atoms with E-state index in [0.717, 1.165) is 0 Å². The molecule has 1 unspecified atom stereocenters. The normalized spacial score (nSPS) is 12.9. The third-order valence-electron chi connectivity index (χ3n) is 1.71. The molecule has 0 spiro atoms. The van der Waals surface area contributed by atoms with Crippen LogP contribution in [0.15, 0.2) is 12.1 Å². The molecular formula is C11H14ClNO3S. The van der Waals surface area contributed by atoms with Crippen molar-refractivity contribution in [2.45, 2.75) is 32.4 Å². The molecule has 0 aliphatic heterocycles. The topological polar surface area (TPSA) is 55.4 Å². The molecule has 1 atom stereocenters. The van der Waals surface area contributed by atoms with Crippen LogP contribution in [0.1, 0.15) is 31.7 Å². The fraction of sp³-hybridized carbons (Fsp3) is 0.455. The summed E-state index contributed by atoms with van der Waals surface area (Å²) in [5, 5.41) is 2.48. The van der Waals surface area contributed by atoms with Crippen molar-refractivity contribution in [3.8, 4) is 0 Å². The zero-order chi connectivity index (χ0) is 13.1. The van der Waals surface area contributed by atoms with Crippen molar-refractivity contribution >= 4 is 35.3 Å². The Bertz CT molecular complexity index is 411. The monoisotopic (exact) mass is 275 g/mol. The van der Waals surface area contributed by atoms with Crippen molar-refractivity contribution in [2.75, 3.05) is 0 Å². The summed E-state index contributed by atoms with van der Waals surface area (Å²) in [6.07, 6.45) is 0.0191. The minimum atomic E-state index is -0.720. The number of amides is 1. The highest BCUT2D eigenvalue weighted by atomic mass is 35.5. The highest BCUT2D eigenvalue weighted by Crippen LogP contribution is 2.26. The number of carbonyl (C=O) groups excluding carboxylic acids is 2. The van der Waals surface area contributed by atoms with Gasteiger partial charge in [-0.15, -0.1) is 11.3 Å². The van der Waals surface area contributed by atoms with E-state index in [1.165, 1.54) is 11.3 Å². The first-order valence-electron chi connectivity index (χ1n) is 5.02. The van der Waals surface area contributed by atoms with Gasteiger partial charge in [-0.2, -0.15) is 0 Å². The number of hydrogen-bond donors (Lipinski definition) is 1. The van der Waals surface area contributed by atoms with E-state index in [2.05, 4.69) is 5.32 Å². The second kappa shape index (κ2) is 5.51. The highest BCUT2D eigenvalue weighted by molar-refractivity contribution is 7.16. The molecule has 0 saturated carbocycles. The van der Waals surface area contributed by atoms with Gasteiger partial charge in [0.2, 0.25) is 0 Å². The van der Waals surface area contributed by atoms with E-state index in [0.29, 0.717) is 15.5 Å². The van der Waals surface area contributed by atoms with Crippen molar-refractivity contribution in [2.24, 2.45) is 0 Å². The number of carbonyl (C=O) groups is 2. The predicted molar refractivity (Wildman–Crippen MR) is 67.5 cm³/mol. The summed E-state index contributed by atoms with van der Waals surface area (Å²) in [5.74, 6) is 0. The van der Waals surface area contributed by atoms with Crippen molar-refractivity contribution in [3.05, 3.63) is 21.3 Å². The number of ether oxygens (including phenoxy) is 1. The number of aldehydes is 1. The molecule has 17 heavy (non-hydrogen) atoms. The molecule has 1 rings (SSSR count). The first kappa shape index (κ1) is 14.0. The molecule has 1 aromatic rings. The van der Waals surface area contributed by atoms with Gasteiger partial charge in [0.1, 0.15) is 17.9 Å². The smallest absolute Gasteiger partial charge is 0.408 e. The van der Waals surface area contributed by atoms with Crippen LogP contribution in [0.3, 0.4) is 0 Å². The van der Waals surface area contributed by atoms with Crippen LogP contribution in [0.2, 0.25) is 4.34 Å². The highest BCUT2D eigenvalue weighted by Gasteiger charge is 2.20. The van der Waals surface area contributed by atoms with E-state index in [9.17, 15) is 9.59 Å². The molecule has 4 nitrogen and oxygen atoms in total. The zero-order valence-electron chi connectivity index (χ0n) is 9.82. The van der Waals surface area contributed by atoms with Crippen LogP contribution in [0.4, 0.5) is 4.79 Å². The van der Waals surface area contributed by atoms with Gasteiger partial charge < -0.3 is 14.8 Å². The minimum Gasteiger partial charge on any atom is -0.444 e. The van der Waals surface area contributed by atoms with E-state index in [-0.39, 0.29) is 0 Å². The number of nitrogens with one attached hydrogen (secondary N) is 1. The van der Waals surface area contributed by atoms with Gasteiger partial charge >= 0.3 is 6.09 Å². The summed E-state index contributed by atoms with van der Waals surface area (Å²) < 4.78 is 5.63. The third-order valence-corrected chi connectivity index (χ3v) is 3.02. The maximum absolute atomic E-state index is 11.5. The predicted octanol–water partition coefficient (Wildman–Crippen LogP) is 3.17. The summed E-state index contributed by atoms with van der Waals surface area (Å²) in [6.45, 7) is 5.26. The van der Waals surface area contributed by atoms with Gasteiger partial charge in [0.05, 0.1) is 4.34 Å². The van der Waals surface area contributed by atoms with E-state index in [1.54, 1.807) is 32.9 Å². The second-order valence-electron chi connectivity index (χ2n) is 4.40. The van der Waals surface area contributed by atoms with Crippen LogP contribution in [0.5, 0.6) is 0 Å². The molecule has 1 N–H and O–H groups in total. The van der Waals surface area contributed by atoms with E-state index < -0.39 is 17.7 Å². The average molecular weight is 276 g/mol. The fourth-order valence-corrected chi connectivity index (χ4v) is 2.17. The Balaban J connectivity index is 2.65. The Morgan fingerprint density at radius 3 is 2.59 bits per heavy atom.